The first kappa shape index (κ1) is 16.6. The van der Waals surface area contributed by atoms with Crippen LogP contribution in [0.4, 0.5) is 5.69 Å². The first-order valence-corrected chi connectivity index (χ1v) is 7.74. The number of H-pyrrole nitrogens is 1. The summed E-state index contributed by atoms with van der Waals surface area (Å²) < 4.78 is 4.98. The molecule has 0 saturated carbocycles. The highest BCUT2D eigenvalue weighted by Gasteiger charge is 2.14. The number of aromatic hydroxyl groups is 1. The summed E-state index contributed by atoms with van der Waals surface area (Å²) in [5.41, 5.74) is 3.70. The highest BCUT2D eigenvalue weighted by molar-refractivity contribution is 5.98. The van der Waals surface area contributed by atoms with E-state index in [1.165, 1.54) is 7.11 Å². The monoisotopic (exact) mass is 338 g/mol. The van der Waals surface area contributed by atoms with Gasteiger partial charge in [-0.2, -0.15) is 0 Å². The molecule has 2 aromatic heterocycles. The van der Waals surface area contributed by atoms with Crippen LogP contribution >= 0.6 is 0 Å². The van der Waals surface area contributed by atoms with Gasteiger partial charge in [-0.25, -0.2) is 4.98 Å². The van der Waals surface area contributed by atoms with Gasteiger partial charge in [0.2, 0.25) is 11.8 Å². The van der Waals surface area contributed by atoms with E-state index in [9.17, 15) is 9.90 Å². The Hall–Kier alpha value is -3.22. The van der Waals surface area contributed by atoms with E-state index < -0.39 is 5.91 Å². The third kappa shape index (κ3) is 3.35. The number of ether oxygens (including phenoxy) is 1. The molecule has 3 rings (SSSR count). The number of carbonyl (C=O) groups excluding carboxylic acids is 1. The molecular weight excluding hydrogens is 320 g/mol. The van der Waals surface area contributed by atoms with E-state index in [0.29, 0.717) is 11.4 Å². The van der Waals surface area contributed by atoms with Crippen molar-refractivity contribution in [1.82, 2.24) is 9.97 Å². The van der Waals surface area contributed by atoms with Crippen LogP contribution in [0.1, 0.15) is 16.7 Å². The van der Waals surface area contributed by atoms with Crippen LogP contribution in [0.2, 0.25) is 0 Å². The number of fused-ring (bicyclic) bond motifs is 1. The van der Waals surface area contributed by atoms with Crippen LogP contribution in [0.3, 0.4) is 0 Å². The van der Waals surface area contributed by atoms with Crippen molar-refractivity contribution in [2.24, 2.45) is 10.2 Å². The summed E-state index contributed by atoms with van der Waals surface area (Å²) in [5.74, 6) is -0.0477. The van der Waals surface area contributed by atoms with Gasteiger partial charge in [0.05, 0.1) is 19.0 Å². The molecule has 1 amide bonds. The predicted molar refractivity (Wildman–Crippen MR) is 93.5 cm³/mol. The molecule has 0 unspecified atom stereocenters. The van der Waals surface area contributed by atoms with Gasteiger partial charge in [-0.1, -0.05) is 18.2 Å². The summed E-state index contributed by atoms with van der Waals surface area (Å²) in [6, 6.07) is 7.32. The fourth-order valence-electron chi connectivity index (χ4n) is 2.62. The van der Waals surface area contributed by atoms with Gasteiger partial charge in [-0.05, 0) is 30.5 Å². The smallest absolute Gasteiger partial charge is 0.269 e. The quantitative estimate of drug-likeness (QED) is 0.708. The molecule has 0 radical (unpaired) electrons. The third-order valence-corrected chi connectivity index (χ3v) is 3.95. The van der Waals surface area contributed by atoms with Crippen molar-refractivity contribution >= 4 is 22.5 Å². The number of nitrogens with zero attached hydrogens (tertiary/aromatic N) is 3. The molecule has 0 saturated heterocycles. The number of rotatable bonds is 4. The summed E-state index contributed by atoms with van der Waals surface area (Å²) in [7, 11) is 1.53. The van der Waals surface area contributed by atoms with Gasteiger partial charge in [0.25, 0.3) is 5.91 Å². The SMILES string of the molecule is COc1ccc(CC(=O)N=Nc2c(O)[nH]c3c(C)ccc(C)c23)cn1. The molecule has 0 aliphatic heterocycles. The summed E-state index contributed by atoms with van der Waals surface area (Å²) >= 11 is 0. The molecule has 0 spiro atoms. The molecule has 0 fully saturated rings. The maximum atomic E-state index is 12.1. The van der Waals surface area contributed by atoms with Crippen LogP contribution < -0.4 is 4.74 Å². The van der Waals surface area contributed by atoms with Crippen molar-refractivity contribution in [1.29, 1.82) is 0 Å². The molecule has 2 N–H and O–H groups in total. The van der Waals surface area contributed by atoms with Crippen LogP contribution in [-0.2, 0) is 11.2 Å². The number of aromatic nitrogens is 2. The van der Waals surface area contributed by atoms with Crippen LogP contribution in [-0.4, -0.2) is 28.1 Å². The normalized spacial score (nSPS) is 11.3. The van der Waals surface area contributed by atoms with Crippen molar-refractivity contribution in [2.75, 3.05) is 7.11 Å². The lowest BCUT2D eigenvalue weighted by Crippen LogP contribution is -1.99. The van der Waals surface area contributed by atoms with E-state index in [2.05, 4.69) is 20.2 Å². The average Bonchev–Trinajstić information content (AvgIpc) is 2.95. The Morgan fingerprint density at radius 1 is 1.24 bits per heavy atom. The number of hydrogen-bond donors (Lipinski definition) is 2. The van der Waals surface area contributed by atoms with E-state index in [1.807, 2.05) is 26.0 Å². The fraction of sp³-hybridized carbons (Fsp3) is 0.222. The molecule has 7 nitrogen and oxygen atoms in total. The number of carbonyl (C=O) groups is 1. The molecule has 128 valence electrons. The maximum Gasteiger partial charge on any atom is 0.269 e. The number of pyridine rings is 1. The van der Waals surface area contributed by atoms with Crippen molar-refractivity contribution in [3.05, 3.63) is 47.2 Å². The molecule has 25 heavy (non-hydrogen) atoms. The van der Waals surface area contributed by atoms with Crippen molar-refractivity contribution in [3.63, 3.8) is 0 Å². The lowest BCUT2D eigenvalue weighted by atomic mass is 10.1. The minimum absolute atomic E-state index is 0.0711. The molecule has 3 aromatic rings. The first-order chi connectivity index (χ1) is 12.0. The van der Waals surface area contributed by atoms with E-state index >= 15 is 0 Å². The van der Waals surface area contributed by atoms with E-state index in [-0.39, 0.29) is 18.0 Å². The van der Waals surface area contributed by atoms with Gasteiger partial charge in [0.1, 0.15) is 0 Å². The fourth-order valence-corrected chi connectivity index (χ4v) is 2.62. The Morgan fingerprint density at radius 2 is 2.00 bits per heavy atom. The predicted octanol–water partition coefficient (Wildman–Crippen LogP) is 3.75. The van der Waals surface area contributed by atoms with Crippen LogP contribution in [0.25, 0.3) is 10.9 Å². The van der Waals surface area contributed by atoms with Crippen LogP contribution in [0, 0.1) is 13.8 Å². The highest BCUT2D eigenvalue weighted by Crippen LogP contribution is 2.38. The second kappa shape index (κ2) is 6.72. The molecule has 7 heteroatoms. The van der Waals surface area contributed by atoms with E-state index in [4.69, 9.17) is 4.74 Å². The summed E-state index contributed by atoms with van der Waals surface area (Å²) in [5, 5.41) is 18.6. The van der Waals surface area contributed by atoms with Crippen molar-refractivity contribution in [2.45, 2.75) is 20.3 Å². The van der Waals surface area contributed by atoms with Crippen LogP contribution in [0.15, 0.2) is 40.7 Å². The second-order valence-corrected chi connectivity index (χ2v) is 5.75. The Balaban J connectivity index is 1.84. The lowest BCUT2D eigenvalue weighted by Gasteiger charge is -2.00. The number of azo groups is 1. The zero-order chi connectivity index (χ0) is 18.0. The standard InChI is InChI=1S/C18H18N4O3/c1-10-4-5-11(2)16-15(10)17(18(24)20-16)22-21-13(23)8-12-6-7-14(25-3)19-9-12/h4-7,9,20,24H,8H2,1-3H3. The zero-order valence-electron chi connectivity index (χ0n) is 14.2. The topological polar surface area (TPSA) is 99.9 Å². The van der Waals surface area contributed by atoms with Gasteiger partial charge < -0.3 is 14.8 Å². The number of methoxy groups -OCH3 is 1. The molecule has 0 atom stereocenters. The second-order valence-electron chi connectivity index (χ2n) is 5.75. The largest absolute Gasteiger partial charge is 0.493 e. The molecule has 0 bridgehead atoms. The number of aryl methyl sites for hydroxylation is 2. The van der Waals surface area contributed by atoms with Gasteiger partial charge >= 0.3 is 0 Å². The zero-order valence-corrected chi connectivity index (χ0v) is 14.2. The minimum Gasteiger partial charge on any atom is -0.493 e. The van der Waals surface area contributed by atoms with Crippen molar-refractivity contribution in [3.8, 4) is 11.8 Å². The Kier molecular flexibility index (Phi) is 4.47. The molecular formula is C18H18N4O3. The third-order valence-electron chi connectivity index (χ3n) is 3.95. The Morgan fingerprint density at radius 3 is 2.68 bits per heavy atom. The number of nitrogens with one attached hydrogen (secondary N) is 1. The highest BCUT2D eigenvalue weighted by atomic mass is 16.5. The van der Waals surface area contributed by atoms with Gasteiger partial charge in [-0.3, -0.25) is 4.79 Å². The summed E-state index contributed by atoms with van der Waals surface area (Å²) in [4.78, 5) is 19.0. The van der Waals surface area contributed by atoms with Crippen LogP contribution in [0.5, 0.6) is 11.8 Å². The average molecular weight is 338 g/mol. The molecule has 1 aromatic carbocycles. The number of benzene rings is 1. The first-order valence-electron chi connectivity index (χ1n) is 7.74. The maximum absolute atomic E-state index is 12.1. The number of hydrogen-bond acceptors (Lipinski definition) is 5. The minimum atomic E-state index is -0.425. The summed E-state index contributed by atoms with van der Waals surface area (Å²) in [6.45, 7) is 3.85. The van der Waals surface area contributed by atoms with E-state index in [0.717, 1.165) is 22.0 Å². The number of aromatic amines is 1. The molecule has 2 heterocycles. The van der Waals surface area contributed by atoms with E-state index in [1.54, 1.807) is 18.3 Å². The van der Waals surface area contributed by atoms with Crippen molar-refractivity contribution < 1.29 is 14.6 Å². The number of amides is 1. The Labute approximate surface area is 144 Å². The molecule has 0 aliphatic rings. The summed E-state index contributed by atoms with van der Waals surface area (Å²) in [6.07, 6.45) is 1.63. The lowest BCUT2D eigenvalue weighted by molar-refractivity contribution is -0.117. The van der Waals surface area contributed by atoms with Gasteiger partial charge in [0.15, 0.2) is 5.69 Å². The Bertz CT molecular complexity index is 959. The molecule has 0 aliphatic carbocycles. The van der Waals surface area contributed by atoms with Gasteiger partial charge in [0, 0.05) is 17.6 Å². The van der Waals surface area contributed by atoms with Gasteiger partial charge in [-0.15, -0.1) is 10.2 Å².